The zero-order valence-corrected chi connectivity index (χ0v) is 17.1. The van der Waals surface area contributed by atoms with Crippen LogP contribution in [0.5, 0.6) is 5.75 Å². The summed E-state index contributed by atoms with van der Waals surface area (Å²) in [5, 5.41) is 4.42. The standard InChI is InChI=1S/C18H19N3O6S2/c1-26-14-4-6-15(7-5-14)29(24,25)20-18-11-16(17-3-2-9-27-17)19-21(18)13-8-10-28(22,23)12-13/h2-7,9,11,13,20H,8,10,12H2,1H3. The minimum atomic E-state index is -3.92. The van der Waals surface area contributed by atoms with Crippen molar-refractivity contribution in [2.75, 3.05) is 23.3 Å². The molecular weight excluding hydrogens is 418 g/mol. The lowest BCUT2D eigenvalue weighted by atomic mass is 10.3. The number of nitrogens with one attached hydrogen (secondary N) is 1. The van der Waals surface area contributed by atoms with E-state index in [1.54, 1.807) is 24.3 Å². The lowest BCUT2D eigenvalue weighted by molar-refractivity contribution is 0.414. The minimum absolute atomic E-state index is 0.0400. The maximum Gasteiger partial charge on any atom is 0.263 e. The summed E-state index contributed by atoms with van der Waals surface area (Å²) in [6.07, 6.45) is 1.84. The Labute approximate surface area is 168 Å². The summed E-state index contributed by atoms with van der Waals surface area (Å²) >= 11 is 0. The lowest BCUT2D eigenvalue weighted by Gasteiger charge is -2.14. The molecule has 1 aromatic carbocycles. The molecule has 1 fully saturated rings. The molecular formula is C18H19N3O6S2. The normalized spacial score (nSPS) is 18.6. The molecule has 1 aliphatic heterocycles. The number of furan rings is 1. The smallest absolute Gasteiger partial charge is 0.263 e. The molecule has 0 amide bonds. The SMILES string of the molecule is COc1ccc(S(=O)(=O)Nc2cc(-c3ccco3)nn2C2CCS(=O)(=O)C2)cc1. The van der Waals surface area contributed by atoms with Gasteiger partial charge in [-0.2, -0.15) is 5.10 Å². The van der Waals surface area contributed by atoms with E-state index in [0.29, 0.717) is 23.6 Å². The van der Waals surface area contributed by atoms with Gasteiger partial charge in [-0.3, -0.25) is 4.72 Å². The summed E-state index contributed by atoms with van der Waals surface area (Å²) in [6, 6.07) is 10.4. The highest BCUT2D eigenvalue weighted by Gasteiger charge is 2.32. The molecule has 11 heteroatoms. The molecule has 1 N–H and O–H groups in total. The van der Waals surface area contributed by atoms with Crippen LogP contribution in [-0.2, 0) is 19.9 Å². The van der Waals surface area contributed by atoms with Gasteiger partial charge in [0.15, 0.2) is 15.6 Å². The quantitative estimate of drug-likeness (QED) is 0.628. The topological polar surface area (TPSA) is 120 Å². The Kier molecular flexibility index (Phi) is 4.87. The number of methoxy groups -OCH3 is 1. The van der Waals surface area contributed by atoms with Gasteiger partial charge in [0.1, 0.15) is 17.3 Å². The molecule has 29 heavy (non-hydrogen) atoms. The Hall–Kier alpha value is -2.79. The molecule has 154 valence electrons. The van der Waals surface area contributed by atoms with Crippen LogP contribution in [-0.4, -0.2) is 45.2 Å². The van der Waals surface area contributed by atoms with Crippen molar-refractivity contribution in [3.63, 3.8) is 0 Å². The number of hydrogen-bond acceptors (Lipinski definition) is 7. The second-order valence-electron chi connectivity index (χ2n) is 6.67. The van der Waals surface area contributed by atoms with Crippen molar-refractivity contribution in [2.24, 2.45) is 0 Å². The number of nitrogens with zero attached hydrogens (tertiary/aromatic N) is 2. The van der Waals surface area contributed by atoms with Gasteiger partial charge in [-0.1, -0.05) is 0 Å². The molecule has 0 radical (unpaired) electrons. The van der Waals surface area contributed by atoms with E-state index >= 15 is 0 Å². The van der Waals surface area contributed by atoms with Crippen LogP contribution in [0.4, 0.5) is 5.82 Å². The van der Waals surface area contributed by atoms with Crippen molar-refractivity contribution in [3.8, 4) is 17.2 Å². The zero-order valence-electron chi connectivity index (χ0n) is 15.5. The van der Waals surface area contributed by atoms with Crippen LogP contribution in [0.25, 0.3) is 11.5 Å². The average Bonchev–Trinajstić information content (AvgIpc) is 3.41. The molecule has 1 aliphatic rings. The molecule has 9 nitrogen and oxygen atoms in total. The van der Waals surface area contributed by atoms with Crippen molar-refractivity contribution >= 4 is 25.7 Å². The summed E-state index contributed by atoms with van der Waals surface area (Å²) in [4.78, 5) is 0.0460. The Balaban J connectivity index is 1.71. The fourth-order valence-electron chi connectivity index (χ4n) is 3.21. The number of sulfone groups is 1. The van der Waals surface area contributed by atoms with Gasteiger partial charge >= 0.3 is 0 Å². The molecule has 3 aromatic rings. The molecule has 1 unspecified atom stereocenters. The Morgan fingerprint density at radius 1 is 1.24 bits per heavy atom. The summed E-state index contributed by atoms with van der Waals surface area (Å²) in [6.45, 7) is 0. The molecule has 1 saturated heterocycles. The van der Waals surface area contributed by atoms with Crippen molar-refractivity contribution in [3.05, 3.63) is 48.7 Å². The number of benzene rings is 1. The van der Waals surface area contributed by atoms with Gasteiger partial charge in [-0.25, -0.2) is 21.5 Å². The van der Waals surface area contributed by atoms with Gasteiger partial charge in [-0.05, 0) is 42.8 Å². The molecule has 4 rings (SSSR count). The van der Waals surface area contributed by atoms with E-state index in [9.17, 15) is 16.8 Å². The fourth-order valence-corrected chi connectivity index (χ4v) is 5.95. The summed E-state index contributed by atoms with van der Waals surface area (Å²) in [5.41, 5.74) is 0.409. The molecule has 1 atom stereocenters. The van der Waals surface area contributed by atoms with Gasteiger partial charge in [0.25, 0.3) is 10.0 Å². The van der Waals surface area contributed by atoms with E-state index in [4.69, 9.17) is 9.15 Å². The molecule has 2 aromatic heterocycles. The maximum absolute atomic E-state index is 12.9. The van der Waals surface area contributed by atoms with Crippen LogP contribution < -0.4 is 9.46 Å². The van der Waals surface area contributed by atoms with Crippen LogP contribution in [0.1, 0.15) is 12.5 Å². The zero-order chi connectivity index (χ0) is 20.6. The van der Waals surface area contributed by atoms with Crippen LogP contribution >= 0.6 is 0 Å². The predicted octanol–water partition coefficient (Wildman–Crippen LogP) is 2.31. The van der Waals surface area contributed by atoms with Gasteiger partial charge in [-0.15, -0.1) is 0 Å². The highest BCUT2D eigenvalue weighted by atomic mass is 32.2. The number of sulfonamides is 1. The van der Waals surface area contributed by atoms with Gasteiger partial charge in [0.05, 0.1) is 35.8 Å². The van der Waals surface area contributed by atoms with E-state index in [2.05, 4.69) is 9.82 Å². The van der Waals surface area contributed by atoms with Gasteiger partial charge < -0.3 is 9.15 Å². The van der Waals surface area contributed by atoms with E-state index in [-0.39, 0.29) is 22.2 Å². The maximum atomic E-state index is 12.9. The highest BCUT2D eigenvalue weighted by Crippen LogP contribution is 2.31. The molecule has 0 spiro atoms. The number of rotatable bonds is 6. The largest absolute Gasteiger partial charge is 0.497 e. The molecule has 0 aliphatic carbocycles. The number of aromatic nitrogens is 2. The third kappa shape index (κ3) is 4.01. The number of anilines is 1. The summed E-state index contributed by atoms with van der Waals surface area (Å²) in [7, 11) is -5.61. The number of hydrogen-bond donors (Lipinski definition) is 1. The third-order valence-electron chi connectivity index (χ3n) is 4.67. The first kappa shape index (κ1) is 19.5. The van der Waals surface area contributed by atoms with Gasteiger partial charge in [0, 0.05) is 6.07 Å². The summed E-state index contributed by atoms with van der Waals surface area (Å²) in [5.74, 6) is 1.11. The molecule has 0 bridgehead atoms. The first-order chi connectivity index (χ1) is 13.8. The predicted molar refractivity (Wildman–Crippen MR) is 106 cm³/mol. The van der Waals surface area contributed by atoms with E-state index in [1.165, 1.54) is 36.3 Å². The van der Waals surface area contributed by atoms with Crippen molar-refractivity contribution < 1.29 is 26.0 Å². The second-order valence-corrected chi connectivity index (χ2v) is 10.6. The van der Waals surface area contributed by atoms with E-state index in [1.807, 2.05) is 0 Å². The van der Waals surface area contributed by atoms with Crippen molar-refractivity contribution in [2.45, 2.75) is 17.4 Å². The molecule has 0 saturated carbocycles. The Bertz CT molecular complexity index is 1210. The van der Waals surface area contributed by atoms with Gasteiger partial charge in [0.2, 0.25) is 0 Å². The second kappa shape index (κ2) is 7.23. The van der Waals surface area contributed by atoms with E-state index in [0.717, 1.165) is 0 Å². The Morgan fingerprint density at radius 2 is 2.00 bits per heavy atom. The monoisotopic (exact) mass is 437 g/mol. The average molecular weight is 437 g/mol. The van der Waals surface area contributed by atoms with Crippen molar-refractivity contribution in [1.82, 2.24) is 9.78 Å². The fraction of sp³-hybridized carbons (Fsp3) is 0.278. The van der Waals surface area contributed by atoms with Crippen LogP contribution in [0, 0.1) is 0 Å². The minimum Gasteiger partial charge on any atom is -0.497 e. The lowest BCUT2D eigenvalue weighted by Crippen LogP contribution is -2.20. The first-order valence-electron chi connectivity index (χ1n) is 8.78. The van der Waals surface area contributed by atoms with Crippen LogP contribution in [0.2, 0.25) is 0 Å². The third-order valence-corrected chi connectivity index (χ3v) is 7.79. The first-order valence-corrected chi connectivity index (χ1v) is 12.1. The highest BCUT2D eigenvalue weighted by molar-refractivity contribution is 7.92. The van der Waals surface area contributed by atoms with E-state index < -0.39 is 25.9 Å². The number of ether oxygens (including phenoxy) is 1. The van der Waals surface area contributed by atoms with Crippen LogP contribution in [0.15, 0.2) is 58.0 Å². The molecule has 3 heterocycles. The van der Waals surface area contributed by atoms with Crippen LogP contribution in [0.3, 0.4) is 0 Å². The summed E-state index contributed by atoms with van der Waals surface area (Å²) < 4.78 is 63.9. The Morgan fingerprint density at radius 3 is 2.59 bits per heavy atom. The van der Waals surface area contributed by atoms with Crippen molar-refractivity contribution in [1.29, 1.82) is 0 Å².